The maximum Gasteiger partial charge on any atom is 0.338 e. The Morgan fingerprint density at radius 3 is 2.80 bits per heavy atom. The van der Waals surface area contributed by atoms with Crippen molar-refractivity contribution in [1.82, 2.24) is 0 Å². The number of rotatable bonds is 2. The molecule has 0 unspecified atom stereocenters. The number of halogens is 1. The van der Waals surface area contributed by atoms with Crippen molar-refractivity contribution in [3.8, 4) is 6.07 Å². The van der Waals surface area contributed by atoms with Crippen LogP contribution in [-0.4, -0.2) is 12.6 Å². The Hall–Kier alpha value is -1.34. The number of nitrogens with zero attached hydrogens (tertiary/aromatic N) is 1. The van der Waals surface area contributed by atoms with E-state index in [-0.39, 0.29) is 5.97 Å². The van der Waals surface area contributed by atoms with E-state index in [2.05, 4.69) is 15.9 Å². The first-order valence-corrected chi connectivity index (χ1v) is 5.26. The predicted molar refractivity (Wildman–Crippen MR) is 59.6 cm³/mol. The summed E-state index contributed by atoms with van der Waals surface area (Å²) in [5, 5.41) is 8.81. The molecule has 0 saturated carbocycles. The Kier molecular flexibility index (Phi) is 3.87. The molecule has 3 nitrogen and oxygen atoms in total. The molecule has 0 atom stereocenters. The van der Waals surface area contributed by atoms with E-state index < -0.39 is 0 Å². The number of ether oxygens (including phenoxy) is 1. The molecule has 0 saturated heterocycles. The zero-order chi connectivity index (χ0) is 11.4. The lowest BCUT2D eigenvalue weighted by atomic mass is 10.1. The van der Waals surface area contributed by atoms with Gasteiger partial charge in [0.15, 0.2) is 0 Å². The van der Waals surface area contributed by atoms with Gasteiger partial charge in [-0.05, 0) is 47.5 Å². The summed E-state index contributed by atoms with van der Waals surface area (Å²) in [4.78, 5) is 11.5. The highest BCUT2D eigenvalue weighted by Crippen LogP contribution is 2.21. The third-order valence-corrected chi connectivity index (χ3v) is 2.59. The van der Waals surface area contributed by atoms with Crippen LogP contribution in [0.15, 0.2) is 16.6 Å². The van der Waals surface area contributed by atoms with Crippen LogP contribution in [0.2, 0.25) is 0 Å². The fourth-order valence-electron chi connectivity index (χ4n) is 1.19. The molecule has 0 aliphatic heterocycles. The van der Waals surface area contributed by atoms with Gasteiger partial charge in [0.1, 0.15) is 6.07 Å². The van der Waals surface area contributed by atoms with E-state index in [1.54, 1.807) is 19.9 Å². The zero-order valence-electron chi connectivity index (χ0n) is 8.50. The van der Waals surface area contributed by atoms with Crippen molar-refractivity contribution in [2.24, 2.45) is 0 Å². The van der Waals surface area contributed by atoms with Crippen LogP contribution in [0, 0.1) is 18.3 Å². The van der Waals surface area contributed by atoms with Gasteiger partial charge in [-0.2, -0.15) is 5.26 Å². The topological polar surface area (TPSA) is 50.1 Å². The number of carbonyl (C=O) groups is 1. The van der Waals surface area contributed by atoms with E-state index in [9.17, 15) is 4.79 Å². The maximum atomic E-state index is 11.5. The summed E-state index contributed by atoms with van der Waals surface area (Å²) in [6, 6.07) is 5.29. The second kappa shape index (κ2) is 4.94. The van der Waals surface area contributed by atoms with Crippen LogP contribution in [0.5, 0.6) is 0 Å². The number of esters is 1. The van der Waals surface area contributed by atoms with Crippen LogP contribution >= 0.6 is 15.9 Å². The minimum Gasteiger partial charge on any atom is -0.462 e. The first kappa shape index (κ1) is 11.7. The van der Waals surface area contributed by atoms with Crippen LogP contribution in [-0.2, 0) is 4.74 Å². The van der Waals surface area contributed by atoms with Gasteiger partial charge in [-0.25, -0.2) is 4.79 Å². The smallest absolute Gasteiger partial charge is 0.338 e. The molecule has 0 fully saturated rings. The van der Waals surface area contributed by atoms with E-state index in [0.717, 1.165) is 5.56 Å². The number of carbonyl (C=O) groups excluding carboxylic acids is 1. The van der Waals surface area contributed by atoms with Gasteiger partial charge >= 0.3 is 5.97 Å². The molecule has 0 N–H and O–H groups in total. The molecule has 15 heavy (non-hydrogen) atoms. The molecule has 0 aliphatic carbocycles. The molecule has 0 radical (unpaired) electrons. The monoisotopic (exact) mass is 267 g/mol. The van der Waals surface area contributed by atoms with Gasteiger partial charge in [0, 0.05) is 4.47 Å². The number of benzene rings is 1. The molecule has 0 aliphatic rings. The highest BCUT2D eigenvalue weighted by Gasteiger charge is 2.12. The Labute approximate surface area is 96.8 Å². The van der Waals surface area contributed by atoms with Gasteiger partial charge in [0.05, 0.1) is 17.7 Å². The molecule has 0 spiro atoms. The Bertz CT molecular complexity index is 435. The number of nitriles is 1. The largest absolute Gasteiger partial charge is 0.462 e. The molecule has 0 bridgehead atoms. The SMILES string of the molecule is CCOC(=O)c1cc(C#N)c(Br)cc1C. The Morgan fingerprint density at radius 1 is 1.60 bits per heavy atom. The molecule has 4 heteroatoms. The van der Waals surface area contributed by atoms with Gasteiger partial charge in [-0.1, -0.05) is 0 Å². The summed E-state index contributed by atoms with van der Waals surface area (Å²) in [7, 11) is 0. The second-order valence-electron chi connectivity index (χ2n) is 2.98. The van der Waals surface area contributed by atoms with Gasteiger partial charge in [-0.3, -0.25) is 0 Å². The summed E-state index contributed by atoms with van der Waals surface area (Å²) in [5.74, 6) is -0.390. The fourth-order valence-corrected chi connectivity index (χ4v) is 1.73. The minimum atomic E-state index is -0.390. The summed E-state index contributed by atoms with van der Waals surface area (Å²) >= 11 is 3.25. The van der Waals surface area contributed by atoms with Crippen molar-refractivity contribution >= 4 is 21.9 Å². The van der Waals surface area contributed by atoms with Crippen molar-refractivity contribution in [3.63, 3.8) is 0 Å². The summed E-state index contributed by atoms with van der Waals surface area (Å²) < 4.78 is 5.57. The van der Waals surface area contributed by atoms with Gasteiger partial charge in [-0.15, -0.1) is 0 Å². The van der Waals surface area contributed by atoms with Crippen LogP contribution in [0.1, 0.15) is 28.4 Å². The average molecular weight is 268 g/mol. The van der Waals surface area contributed by atoms with Crippen molar-refractivity contribution < 1.29 is 9.53 Å². The third kappa shape index (κ3) is 2.57. The van der Waals surface area contributed by atoms with Crippen molar-refractivity contribution in [3.05, 3.63) is 33.3 Å². The predicted octanol–water partition coefficient (Wildman–Crippen LogP) is 2.81. The molecule has 1 aromatic carbocycles. The minimum absolute atomic E-state index is 0.330. The van der Waals surface area contributed by atoms with E-state index in [0.29, 0.717) is 22.2 Å². The van der Waals surface area contributed by atoms with Crippen molar-refractivity contribution in [2.45, 2.75) is 13.8 Å². The average Bonchev–Trinajstić information content (AvgIpc) is 2.18. The first-order valence-electron chi connectivity index (χ1n) is 4.47. The van der Waals surface area contributed by atoms with Crippen LogP contribution in [0.3, 0.4) is 0 Å². The van der Waals surface area contributed by atoms with E-state index in [1.165, 1.54) is 6.07 Å². The highest BCUT2D eigenvalue weighted by molar-refractivity contribution is 9.10. The van der Waals surface area contributed by atoms with Crippen LogP contribution in [0.25, 0.3) is 0 Å². The van der Waals surface area contributed by atoms with Crippen molar-refractivity contribution in [2.75, 3.05) is 6.61 Å². The molecule has 0 heterocycles. The fraction of sp³-hybridized carbons (Fsp3) is 0.273. The molecule has 0 aromatic heterocycles. The molecule has 1 rings (SSSR count). The first-order chi connectivity index (χ1) is 7.10. The molecule has 0 amide bonds. The van der Waals surface area contributed by atoms with E-state index in [4.69, 9.17) is 10.00 Å². The van der Waals surface area contributed by atoms with Gasteiger partial charge in [0.2, 0.25) is 0 Å². The molecule has 78 valence electrons. The van der Waals surface area contributed by atoms with E-state index in [1.807, 2.05) is 6.07 Å². The summed E-state index contributed by atoms with van der Waals surface area (Å²) in [6.45, 7) is 3.88. The highest BCUT2D eigenvalue weighted by atomic mass is 79.9. The lowest BCUT2D eigenvalue weighted by Gasteiger charge is -2.06. The quantitative estimate of drug-likeness (QED) is 0.775. The lowest BCUT2D eigenvalue weighted by molar-refractivity contribution is 0.0525. The molecular weight excluding hydrogens is 258 g/mol. The summed E-state index contributed by atoms with van der Waals surface area (Å²) in [6.07, 6.45) is 0. The third-order valence-electron chi connectivity index (χ3n) is 1.93. The molecular formula is C11H10BrNO2. The maximum absolute atomic E-state index is 11.5. The Balaban J connectivity index is 3.20. The number of hydrogen-bond acceptors (Lipinski definition) is 3. The normalized spacial score (nSPS) is 9.47. The second-order valence-corrected chi connectivity index (χ2v) is 3.83. The Morgan fingerprint density at radius 2 is 2.27 bits per heavy atom. The van der Waals surface area contributed by atoms with Crippen molar-refractivity contribution in [1.29, 1.82) is 5.26 Å². The zero-order valence-corrected chi connectivity index (χ0v) is 10.1. The van der Waals surface area contributed by atoms with Gasteiger partial charge in [0.25, 0.3) is 0 Å². The van der Waals surface area contributed by atoms with E-state index >= 15 is 0 Å². The van der Waals surface area contributed by atoms with Gasteiger partial charge < -0.3 is 4.74 Å². The lowest BCUT2D eigenvalue weighted by Crippen LogP contribution is -2.07. The molecule has 1 aromatic rings. The van der Waals surface area contributed by atoms with Crippen LogP contribution in [0.4, 0.5) is 0 Å². The summed E-state index contributed by atoms with van der Waals surface area (Å²) in [5.41, 5.74) is 1.67. The number of hydrogen-bond donors (Lipinski definition) is 0. The number of aryl methyl sites for hydroxylation is 1. The van der Waals surface area contributed by atoms with Crippen LogP contribution < -0.4 is 0 Å². The standard InChI is InChI=1S/C11H10BrNO2/c1-3-15-11(14)9-5-8(6-13)10(12)4-7(9)2/h4-5H,3H2,1-2H3.